The lowest BCUT2D eigenvalue weighted by atomic mass is 10.2. The molecule has 1 aromatic rings. The predicted molar refractivity (Wildman–Crippen MR) is 71.0 cm³/mol. The molecule has 1 saturated carbocycles. The number of nitrogens with one attached hydrogen (secondary N) is 1. The number of oxazole rings is 1. The van der Waals surface area contributed by atoms with Crippen molar-refractivity contribution in [2.24, 2.45) is 0 Å². The maximum atomic E-state index is 11.4. The molecule has 2 rings (SSSR count). The van der Waals surface area contributed by atoms with Gasteiger partial charge in [0.05, 0.1) is 6.61 Å². The van der Waals surface area contributed by atoms with Crippen molar-refractivity contribution in [2.75, 3.05) is 18.2 Å². The van der Waals surface area contributed by atoms with Crippen LogP contribution in [0.3, 0.4) is 0 Å². The van der Waals surface area contributed by atoms with Gasteiger partial charge in [-0.05, 0) is 26.0 Å². The minimum atomic E-state index is -0.442. The van der Waals surface area contributed by atoms with Crippen molar-refractivity contribution in [3.63, 3.8) is 0 Å². The van der Waals surface area contributed by atoms with Crippen molar-refractivity contribution in [1.82, 2.24) is 4.98 Å². The number of carbonyl (C=O) groups is 1. The minimum Gasteiger partial charge on any atom is -0.461 e. The Morgan fingerprint density at radius 3 is 3.22 bits per heavy atom. The van der Waals surface area contributed by atoms with E-state index in [1.807, 2.05) is 11.8 Å². The number of rotatable bonds is 5. The quantitative estimate of drug-likeness (QED) is 0.829. The molecule has 0 amide bonds. The fraction of sp³-hybridized carbons (Fsp3) is 0.667. The summed E-state index contributed by atoms with van der Waals surface area (Å²) in [5.74, 6) is -0.442. The highest BCUT2D eigenvalue weighted by molar-refractivity contribution is 7.99. The summed E-state index contributed by atoms with van der Waals surface area (Å²) >= 11 is 1.86. The van der Waals surface area contributed by atoms with Crippen LogP contribution in [0.1, 0.15) is 36.7 Å². The van der Waals surface area contributed by atoms with Gasteiger partial charge in [-0.2, -0.15) is 16.7 Å². The summed E-state index contributed by atoms with van der Waals surface area (Å²) in [5.41, 5.74) is 0.220. The van der Waals surface area contributed by atoms with E-state index in [1.165, 1.54) is 19.1 Å². The Kier molecular flexibility index (Phi) is 4.52. The van der Waals surface area contributed by atoms with Gasteiger partial charge in [-0.1, -0.05) is 6.42 Å². The number of ether oxygens (including phenoxy) is 1. The SMILES string of the molecule is CCOC(=O)c1coc(NC2CCCC2SC)n1. The Bertz CT molecular complexity index is 408. The first-order chi connectivity index (χ1) is 8.74. The minimum absolute atomic E-state index is 0.220. The molecule has 1 aliphatic carbocycles. The maximum Gasteiger partial charge on any atom is 0.360 e. The molecule has 1 aromatic heterocycles. The normalized spacial score (nSPS) is 23.0. The topological polar surface area (TPSA) is 64.4 Å². The number of thioether (sulfide) groups is 1. The second kappa shape index (κ2) is 6.13. The molecule has 0 aliphatic heterocycles. The number of esters is 1. The van der Waals surface area contributed by atoms with E-state index in [2.05, 4.69) is 16.6 Å². The van der Waals surface area contributed by atoms with E-state index in [1.54, 1.807) is 6.92 Å². The summed E-state index contributed by atoms with van der Waals surface area (Å²) in [5, 5.41) is 3.84. The Morgan fingerprint density at radius 2 is 2.50 bits per heavy atom. The first-order valence-corrected chi connectivity index (χ1v) is 7.45. The predicted octanol–water partition coefficient (Wildman–Crippen LogP) is 2.55. The number of aromatic nitrogens is 1. The number of anilines is 1. The summed E-state index contributed by atoms with van der Waals surface area (Å²) in [6.07, 6.45) is 7.00. The number of carbonyl (C=O) groups excluding carboxylic acids is 1. The molecule has 18 heavy (non-hydrogen) atoms. The van der Waals surface area contributed by atoms with Crippen molar-refractivity contribution < 1.29 is 13.9 Å². The van der Waals surface area contributed by atoms with E-state index in [0.29, 0.717) is 23.9 Å². The van der Waals surface area contributed by atoms with Crippen LogP contribution >= 0.6 is 11.8 Å². The zero-order valence-electron chi connectivity index (χ0n) is 10.6. The Balaban J connectivity index is 1.96. The Labute approximate surface area is 111 Å². The molecule has 1 aliphatic rings. The van der Waals surface area contributed by atoms with Gasteiger partial charge < -0.3 is 14.5 Å². The Morgan fingerprint density at radius 1 is 1.67 bits per heavy atom. The van der Waals surface area contributed by atoms with Gasteiger partial charge in [-0.25, -0.2) is 4.79 Å². The van der Waals surface area contributed by atoms with Gasteiger partial charge >= 0.3 is 5.97 Å². The zero-order chi connectivity index (χ0) is 13.0. The van der Waals surface area contributed by atoms with Gasteiger partial charge in [0.15, 0.2) is 5.69 Å². The van der Waals surface area contributed by atoms with Gasteiger partial charge in [0.25, 0.3) is 6.01 Å². The van der Waals surface area contributed by atoms with E-state index >= 15 is 0 Å². The monoisotopic (exact) mass is 270 g/mol. The molecule has 0 spiro atoms. The lowest BCUT2D eigenvalue weighted by molar-refractivity contribution is 0.0519. The van der Waals surface area contributed by atoms with E-state index < -0.39 is 5.97 Å². The molecular weight excluding hydrogens is 252 g/mol. The summed E-state index contributed by atoms with van der Waals surface area (Å²) in [6.45, 7) is 2.10. The number of nitrogens with zero attached hydrogens (tertiary/aromatic N) is 1. The number of hydrogen-bond donors (Lipinski definition) is 1. The highest BCUT2D eigenvalue weighted by Gasteiger charge is 2.27. The smallest absolute Gasteiger partial charge is 0.360 e. The van der Waals surface area contributed by atoms with Crippen LogP contribution in [0.2, 0.25) is 0 Å². The second-order valence-electron chi connectivity index (χ2n) is 4.21. The van der Waals surface area contributed by atoms with Crippen molar-refractivity contribution in [2.45, 2.75) is 37.5 Å². The molecule has 0 radical (unpaired) electrons. The fourth-order valence-electron chi connectivity index (χ4n) is 2.17. The summed E-state index contributed by atoms with van der Waals surface area (Å²) in [7, 11) is 0. The average Bonchev–Trinajstić information content (AvgIpc) is 2.99. The van der Waals surface area contributed by atoms with Gasteiger partial charge in [-0.15, -0.1) is 0 Å². The molecule has 1 fully saturated rings. The average molecular weight is 270 g/mol. The molecule has 0 saturated heterocycles. The van der Waals surface area contributed by atoms with Gasteiger partial charge in [-0.3, -0.25) is 0 Å². The standard InChI is InChI=1S/C12H18N2O3S/c1-3-16-11(15)9-7-17-12(14-9)13-8-5-4-6-10(8)18-2/h7-8,10H,3-6H2,1-2H3,(H,13,14). The van der Waals surface area contributed by atoms with E-state index in [0.717, 1.165) is 6.42 Å². The highest BCUT2D eigenvalue weighted by Crippen LogP contribution is 2.30. The van der Waals surface area contributed by atoms with E-state index in [-0.39, 0.29) is 5.69 Å². The third-order valence-electron chi connectivity index (χ3n) is 3.05. The highest BCUT2D eigenvalue weighted by atomic mass is 32.2. The molecule has 1 heterocycles. The summed E-state index contributed by atoms with van der Waals surface area (Å²) < 4.78 is 10.1. The summed E-state index contributed by atoms with van der Waals surface area (Å²) in [4.78, 5) is 15.5. The molecule has 0 aromatic carbocycles. The molecule has 100 valence electrons. The molecule has 6 heteroatoms. The van der Waals surface area contributed by atoms with Crippen LogP contribution in [0.25, 0.3) is 0 Å². The van der Waals surface area contributed by atoms with Crippen LogP contribution in [0.5, 0.6) is 0 Å². The number of hydrogen-bond acceptors (Lipinski definition) is 6. The second-order valence-corrected chi connectivity index (χ2v) is 5.29. The first-order valence-electron chi connectivity index (χ1n) is 6.16. The summed E-state index contributed by atoms with van der Waals surface area (Å²) in [6, 6.07) is 0.776. The molecule has 0 bridgehead atoms. The van der Waals surface area contributed by atoms with Gasteiger partial charge in [0, 0.05) is 11.3 Å². The van der Waals surface area contributed by atoms with Crippen molar-refractivity contribution in [3.05, 3.63) is 12.0 Å². The van der Waals surface area contributed by atoms with Crippen LogP contribution in [-0.4, -0.2) is 35.1 Å². The molecule has 1 N–H and O–H groups in total. The van der Waals surface area contributed by atoms with Gasteiger partial charge in [0.1, 0.15) is 6.26 Å². The van der Waals surface area contributed by atoms with Crippen molar-refractivity contribution in [3.8, 4) is 0 Å². The lowest BCUT2D eigenvalue weighted by Crippen LogP contribution is -2.25. The van der Waals surface area contributed by atoms with Crippen LogP contribution in [0.15, 0.2) is 10.7 Å². The van der Waals surface area contributed by atoms with Gasteiger partial charge in [0.2, 0.25) is 0 Å². The zero-order valence-corrected chi connectivity index (χ0v) is 11.5. The molecule has 2 unspecified atom stereocenters. The first kappa shape index (κ1) is 13.3. The van der Waals surface area contributed by atoms with Crippen LogP contribution in [-0.2, 0) is 4.74 Å². The van der Waals surface area contributed by atoms with Crippen LogP contribution in [0, 0.1) is 0 Å². The van der Waals surface area contributed by atoms with Crippen molar-refractivity contribution in [1.29, 1.82) is 0 Å². The molecule has 5 nitrogen and oxygen atoms in total. The molecular formula is C12H18N2O3S. The lowest BCUT2D eigenvalue weighted by Gasteiger charge is -2.17. The molecule has 2 atom stereocenters. The van der Waals surface area contributed by atoms with Crippen molar-refractivity contribution >= 4 is 23.7 Å². The third kappa shape index (κ3) is 2.98. The largest absolute Gasteiger partial charge is 0.461 e. The maximum absolute atomic E-state index is 11.4. The fourth-order valence-corrected chi connectivity index (χ4v) is 3.11. The van der Waals surface area contributed by atoms with Crippen LogP contribution < -0.4 is 5.32 Å². The Hall–Kier alpha value is -1.17. The van der Waals surface area contributed by atoms with Crippen LogP contribution in [0.4, 0.5) is 6.01 Å². The third-order valence-corrected chi connectivity index (χ3v) is 4.22. The van der Waals surface area contributed by atoms with E-state index in [9.17, 15) is 4.79 Å². The van der Waals surface area contributed by atoms with E-state index in [4.69, 9.17) is 9.15 Å².